The van der Waals surface area contributed by atoms with Crippen molar-refractivity contribution < 1.29 is 4.79 Å². The molecule has 2 aromatic rings. The molecule has 0 aliphatic carbocycles. The molecule has 1 N–H and O–H groups in total. The molecule has 0 saturated carbocycles. The van der Waals surface area contributed by atoms with Crippen LogP contribution in [0.5, 0.6) is 0 Å². The van der Waals surface area contributed by atoms with E-state index in [1.54, 1.807) is 11.3 Å². The number of nitrogens with zero attached hydrogens (tertiary/aromatic N) is 2. The summed E-state index contributed by atoms with van der Waals surface area (Å²) in [6.07, 6.45) is 0.913. The molecule has 0 radical (unpaired) electrons. The molecule has 0 bridgehead atoms. The molecular formula is C21H29N3OS. The molecule has 3 rings (SSSR count). The SMILES string of the molecule is Cc1cccc(N2CCN(C(C)C(=O)NCCc3cccs3)CC2)c1C. The molecule has 0 spiro atoms. The van der Waals surface area contributed by atoms with Crippen LogP contribution < -0.4 is 10.2 Å². The fourth-order valence-corrected chi connectivity index (χ4v) is 4.21. The van der Waals surface area contributed by atoms with E-state index >= 15 is 0 Å². The van der Waals surface area contributed by atoms with Gasteiger partial charge in [0.2, 0.25) is 5.91 Å². The zero-order valence-corrected chi connectivity index (χ0v) is 16.8. The second-order valence-electron chi connectivity index (χ2n) is 7.04. The molecule has 1 atom stereocenters. The molecular weight excluding hydrogens is 342 g/mol. The van der Waals surface area contributed by atoms with Gasteiger partial charge in [-0.05, 0) is 55.8 Å². The van der Waals surface area contributed by atoms with Crippen molar-refractivity contribution in [3.05, 3.63) is 51.7 Å². The Hall–Kier alpha value is -1.85. The number of hydrogen-bond acceptors (Lipinski definition) is 4. The Morgan fingerprint density at radius 2 is 1.92 bits per heavy atom. The highest BCUT2D eigenvalue weighted by atomic mass is 32.1. The Morgan fingerprint density at radius 1 is 1.15 bits per heavy atom. The molecule has 1 fully saturated rings. The first kappa shape index (κ1) is 18.9. The number of hydrogen-bond donors (Lipinski definition) is 1. The van der Waals surface area contributed by atoms with Gasteiger partial charge < -0.3 is 10.2 Å². The summed E-state index contributed by atoms with van der Waals surface area (Å²) in [5.74, 6) is 0.141. The van der Waals surface area contributed by atoms with Crippen molar-refractivity contribution in [3.63, 3.8) is 0 Å². The number of piperazine rings is 1. The van der Waals surface area contributed by atoms with Crippen molar-refractivity contribution in [1.82, 2.24) is 10.2 Å². The van der Waals surface area contributed by atoms with Gasteiger partial charge in [0.15, 0.2) is 0 Å². The number of anilines is 1. The predicted molar refractivity (Wildman–Crippen MR) is 110 cm³/mol. The first-order valence-electron chi connectivity index (χ1n) is 9.41. The predicted octanol–water partition coefficient (Wildman–Crippen LogP) is 3.23. The number of benzene rings is 1. The lowest BCUT2D eigenvalue weighted by Gasteiger charge is -2.39. The van der Waals surface area contributed by atoms with E-state index in [4.69, 9.17) is 0 Å². The number of aryl methyl sites for hydroxylation is 1. The minimum Gasteiger partial charge on any atom is -0.369 e. The highest BCUT2D eigenvalue weighted by Gasteiger charge is 2.26. The van der Waals surface area contributed by atoms with E-state index in [1.165, 1.54) is 21.7 Å². The molecule has 1 saturated heterocycles. The lowest BCUT2D eigenvalue weighted by Crippen LogP contribution is -2.54. The Balaban J connectivity index is 1.47. The molecule has 26 heavy (non-hydrogen) atoms. The van der Waals surface area contributed by atoms with Crippen LogP contribution in [0, 0.1) is 13.8 Å². The number of rotatable bonds is 6. The summed E-state index contributed by atoms with van der Waals surface area (Å²) in [5, 5.41) is 5.17. The van der Waals surface area contributed by atoms with Crippen molar-refractivity contribution in [2.75, 3.05) is 37.6 Å². The van der Waals surface area contributed by atoms with E-state index in [0.717, 1.165) is 32.6 Å². The summed E-state index contributed by atoms with van der Waals surface area (Å²) in [4.78, 5) is 18.5. The maximum Gasteiger partial charge on any atom is 0.237 e. The smallest absolute Gasteiger partial charge is 0.237 e. The summed E-state index contributed by atoms with van der Waals surface area (Å²) in [5.41, 5.74) is 4.03. The van der Waals surface area contributed by atoms with Crippen LogP contribution in [0.2, 0.25) is 0 Å². The molecule has 140 valence electrons. The summed E-state index contributed by atoms with van der Waals surface area (Å²) < 4.78 is 0. The molecule has 1 amide bonds. The molecule has 1 aliphatic heterocycles. The molecule has 1 aliphatic rings. The van der Waals surface area contributed by atoms with Crippen molar-refractivity contribution in [2.45, 2.75) is 33.2 Å². The molecule has 1 aromatic carbocycles. The maximum atomic E-state index is 12.5. The van der Waals surface area contributed by atoms with Gasteiger partial charge in [-0.1, -0.05) is 18.2 Å². The zero-order valence-electron chi connectivity index (χ0n) is 16.0. The fraction of sp³-hybridized carbons (Fsp3) is 0.476. The number of carbonyl (C=O) groups excluding carboxylic acids is 1. The Labute approximate surface area is 160 Å². The van der Waals surface area contributed by atoms with Gasteiger partial charge in [-0.3, -0.25) is 9.69 Å². The molecule has 2 heterocycles. The summed E-state index contributed by atoms with van der Waals surface area (Å²) in [7, 11) is 0. The van der Waals surface area contributed by atoms with Gasteiger partial charge in [-0.15, -0.1) is 11.3 Å². The third-order valence-corrected chi connectivity index (χ3v) is 6.35. The number of nitrogens with one attached hydrogen (secondary N) is 1. The van der Waals surface area contributed by atoms with Crippen molar-refractivity contribution in [1.29, 1.82) is 0 Å². The van der Waals surface area contributed by atoms with Gasteiger partial charge in [-0.25, -0.2) is 0 Å². The van der Waals surface area contributed by atoms with Gasteiger partial charge in [0.1, 0.15) is 0 Å². The van der Waals surface area contributed by atoms with E-state index in [0.29, 0.717) is 6.54 Å². The summed E-state index contributed by atoms with van der Waals surface area (Å²) in [6.45, 7) is 10.9. The molecule has 4 nitrogen and oxygen atoms in total. The summed E-state index contributed by atoms with van der Waals surface area (Å²) in [6, 6.07) is 10.6. The quantitative estimate of drug-likeness (QED) is 0.847. The number of amides is 1. The minimum absolute atomic E-state index is 0.0703. The van der Waals surface area contributed by atoms with Gasteiger partial charge in [0, 0.05) is 43.3 Å². The summed E-state index contributed by atoms with van der Waals surface area (Å²) >= 11 is 1.74. The number of carbonyl (C=O) groups is 1. The molecule has 1 aromatic heterocycles. The van der Waals surface area contributed by atoms with E-state index in [-0.39, 0.29) is 11.9 Å². The molecule has 5 heteroatoms. The maximum absolute atomic E-state index is 12.5. The van der Waals surface area contributed by atoms with Crippen LogP contribution in [0.15, 0.2) is 35.7 Å². The fourth-order valence-electron chi connectivity index (χ4n) is 3.51. The van der Waals surface area contributed by atoms with Crippen LogP contribution in [-0.2, 0) is 11.2 Å². The van der Waals surface area contributed by atoms with Gasteiger partial charge in [0.05, 0.1) is 6.04 Å². The second kappa shape index (κ2) is 8.69. The lowest BCUT2D eigenvalue weighted by atomic mass is 10.1. The van der Waals surface area contributed by atoms with E-state index in [1.807, 2.05) is 6.92 Å². The lowest BCUT2D eigenvalue weighted by molar-refractivity contribution is -0.125. The van der Waals surface area contributed by atoms with Crippen LogP contribution in [0.3, 0.4) is 0 Å². The monoisotopic (exact) mass is 371 g/mol. The molecule has 1 unspecified atom stereocenters. The van der Waals surface area contributed by atoms with Gasteiger partial charge >= 0.3 is 0 Å². The van der Waals surface area contributed by atoms with Gasteiger partial charge in [0.25, 0.3) is 0 Å². The third kappa shape index (κ3) is 4.46. The minimum atomic E-state index is -0.0703. The van der Waals surface area contributed by atoms with Crippen LogP contribution in [0.25, 0.3) is 0 Å². The van der Waals surface area contributed by atoms with Crippen LogP contribution >= 0.6 is 11.3 Å². The highest BCUT2D eigenvalue weighted by molar-refractivity contribution is 7.09. The van der Waals surface area contributed by atoms with Crippen molar-refractivity contribution in [3.8, 4) is 0 Å². The largest absolute Gasteiger partial charge is 0.369 e. The van der Waals surface area contributed by atoms with Crippen molar-refractivity contribution >= 4 is 22.9 Å². The van der Waals surface area contributed by atoms with E-state index in [2.05, 4.69) is 64.7 Å². The van der Waals surface area contributed by atoms with Crippen LogP contribution in [0.1, 0.15) is 22.9 Å². The van der Waals surface area contributed by atoms with Gasteiger partial charge in [-0.2, -0.15) is 0 Å². The standard InChI is InChI=1S/C21H29N3OS/c1-16-6-4-8-20(17(16)2)24-13-11-23(12-14-24)18(3)21(25)22-10-9-19-7-5-15-26-19/h4-8,15,18H,9-14H2,1-3H3,(H,22,25). The Bertz CT molecular complexity index is 721. The van der Waals surface area contributed by atoms with Crippen molar-refractivity contribution in [2.24, 2.45) is 0 Å². The van der Waals surface area contributed by atoms with E-state index in [9.17, 15) is 4.79 Å². The highest BCUT2D eigenvalue weighted by Crippen LogP contribution is 2.24. The van der Waals surface area contributed by atoms with E-state index < -0.39 is 0 Å². The third-order valence-electron chi connectivity index (χ3n) is 5.41. The first-order valence-corrected chi connectivity index (χ1v) is 10.3. The normalized spacial score (nSPS) is 16.5. The Kier molecular flexibility index (Phi) is 6.33. The number of thiophene rings is 1. The first-order chi connectivity index (χ1) is 12.6. The second-order valence-corrected chi connectivity index (χ2v) is 8.07. The van der Waals surface area contributed by atoms with Crippen LogP contribution in [-0.4, -0.2) is 49.6 Å². The average molecular weight is 372 g/mol. The zero-order chi connectivity index (χ0) is 18.5. The van der Waals surface area contributed by atoms with Crippen LogP contribution in [0.4, 0.5) is 5.69 Å². The average Bonchev–Trinajstić information content (AvgIpc) is 3.17. The topological polar surface area (TPSA) is 35.6 Å². The Morgan fingerprint density at radius 3 is 2.62 bits per heavy atom.